The number of aromatic nitrogens is 2. The summed E-state index contributed by atoms with van der Waals surface area (Å²) >= 11 is 6.35. The number of ether oxygens (including phenoxy) is 1. The topological polar surface area (TPSA) is 78.1 Å². The number of nitrogen functional groups attached to an aromatic ring is 1. The van der Waals surface area contributed by atoms with Crippen molar-refractivity contribution in [2.75, 3.05) is 12.3 Å². The van der Waals surface area contributed by atoms with E-state index in [1.165, 1.54) is 6.20 Å². The van der Waals surface area contributed by atoms with Gasteiger partial charge in [0.2, 0.25) is 0 Å². The number of nitrogens with two attached hydrogens (primary N) is 1. The molecule has 5 nitrogen and oxygen atoms in total. The minimum Gasteiger partial charge on any atom is -0.462 e. The lowest BCUT2D eigenvalue weighted by molar-refractivity contribution is 0.0528. The molecule has 126 valence electrons. The summed E-state index contributed by atoms with van der Waals surface area (Å²) in [6.07, 6.45) is 3.12. The van der Waals surface area contributed by atoms with Gasteiger partial charge in [-0.15, -0.1) is 0 Å². The molecular weight excluding hydrogens is 338 g/mol. The van der Waals surface area contributed by atoms with Crippen LogP contribution in [0.5, 0.6) is 0 Å². The Morgan fingerprint density at radius 3 is 2.84 bits per heavy atom. The number of rotatable bonds is 4. The first-order valence-electron chi connectivity index (χ1n) is 7.70. The van der Waals surface area contributed by atoms with Crippen LogP contribution in [0.25, 0.3) is 28.2 Å². The van der Waals surface area contributed by atoms with Gasteiger partial charge >= 0.3 is 5.97 Å². The van der Waals surface area contributed by atoms with Crippen LogP contribution in [0, 0.1) is 0 Å². The van der Waals surface area contributed by atoms with Crippen molar-refractivity contribution in [1.29, 1.82) is 0 Å². The monoisotopic (exact) mass is 353 g/mol. The third kappa shape index (κ3) is 3.19. The third-order valence-electron chi connectivity index (χ3n) is 3.76. The van der Waals surface area contributed by atoms with Crippen LogP contribution in [0.2, 0.25) is 5.02 Å². The van der Waals surface area contributed by atoms with Crippen molar-refractivity contribution in [2.24, 2.45) is 0 Å². The highest BCUT2D eigenvalue weighted by atomic mass is 35.5. The maximum absolute atomic E-state index is 12.1. The first-order valence-corrected chi connectivity index (χ1v) is 8.07. The van der Waals surface area contributed by atoms with Crippen molar-refractivity contribution in [3.05, 3.63) is 59.3 Å². The van der Waals surface area contributed by atoms with E-state index in [2.05, 4.69) is 16.5 Å². The molecule has 2 aromatic heterocycles. The van der Waals surface area contributed by atoms with E-state index in [1.54, 1.807) is 25.1 Å². The summed E-state index contributed by atoms with van der Waals surface area (Å²) in [6, 6.07) is 9.15. The minimum atomic E-state index is -0.456. The number of hydrogen-bond donors (Lipinski definition) is 1. The molecule has 0 amide bonds. The molecule has 0 saturated heterocycles. The molecule has 0 unspecified atom stereocenters. The molecule has 0 aliphatic rings. The maximum atomic E-state index is 12.1. The van der Waals surface area contributed by atoms with E-state index >= 15 is 0 Å². The molecule has 0 radical (unpaired) electrons. The average molecular weight is 354 g/mol. The Morgan fingerprint density at radius 1 is 1.36 bits per heavy atom. The van der Waals surface area contributed by atoms with E-state index in [1.807, 2.05) is 18.2 Å². The number of halogens is 1. The van der Waals surface area contributed by atoms with Crippen LogP contribution in [-0.4, -0.2) is 22.5 Å². The Hall–Kier alpha value is -2.92. The van der Waals surface area contributed by atoms with Gasteiger partial charge in [-0.2, -0.15) is 0 Å². The van der Waals surface area contributed by atoms with Gasteiger partial charge in [0, 0.05) is 17.1 Å². The Kier molecular flexibility index (Phi) is 4.67. The van der Waals surface area contributed by atoms with Crippen molar-refractivity contribution in [2.45, 2.75) is 6.92 Å². The number of fused-ring (bicyclic) bond motifs is 1. The van der Waals surface area contributed by atoms with Crippen molar-refractivity contribution < 1.29 is 9.53 Å². The molecule has 0 atom stereocenters. The highest BCUT2D eigenvalue weighted by molar-refractivity contribution is 6.33. The maximum Gasteiger partial charge on any atom is 0.340 e. The van der Waals surface area contributed by atoms with E-state index < -0.39 is 5.97 Å². The first kappa shape index (κ1) is 16.9. The molecule has 2 N–H and O–H groups in total. The SMILES string of the molecule is C=Cc1ccc(-c2ccc3c(C(=O)OCC)cnc(N)c3n2)c(Cl)c1. The summed E-state index contributed by atoms with van der Waals surface area (Å²) in [5.74, 6) is -0.216. The first-order chi connectivity index (χ1) is 12.0. The molecule has 6 heteroatoms. The van der Waals surface area contributed by atoms with E-state index in [0.29, 0.717) is 27.2 Å². The lowest BCUT2D eigenvalue weighted by Gasteiger charge is -2.10. The number of nitrogens with zero attached hydrogens (tertiary/aromatic N) is 2. The van der Waals surface area contributed by atoms with Gasteiger partial charge in [-0.25, -0.2) is 14.8 Å². The van der Waals surface area contributed by atoms with Gasteiger partial charge in [-0.1, -0.05) is 36.4 Å². The van der Waals surface area contributed by atoms with E-state index in [0.717, 1.165) is 11.1 Å². The van der Waals surface area contributed by atoms with Crippen LogP contribution in [0.4, 0.5) is 5.82 Å². The fourth-order valence-electron chi connectivity index (χ4n) is 2.52. The van der Waals surface area contributed by atoms with Crippen LogP contribution >= 0.6 is 11.6 Å². The summed E-state index contributed by atoms with van der Waals surface area (Å²) in [5.41, 5.74) is 9.04. The summed E-state index contributed by atoms with van der Waals surface area (Å²) in [6.45, 7) is 5.75. The number of carbonyl (C=O) groups excluding carboxylic acids is 1. The molecule has 0 bridgehead atoms. The van der Waals surface area contributed by atoms with Crippen LogP contribution in [0.1, 0.15) is 22.8 Å². The molecule has 3 aromatic rings. The van der Waals surface area contributed by atoms with Gasteiger partial charge in [-0.3, -0.25) is 0 Å². The Morgan fingerprint density at radius 2 is 2.16 bits per heavy atom. The molecule has 0 aliphatic heterocycles. The van der Waals surface area contributed by atoms with Gasteiger partial charge in [0.25, 0.3) is 0 Å². The standard InChI is InChI=1S/C19H16ClN3O2/c1-3-11-5-6-13(15(20)9-11)16-8-7-12-14(19(24)25-4-2)10-22-18(21)17(12)23-16/h3,5-10H,1,4H2,2H3,(H2,21,22). The number of anilines is 1. The largest absolute Gasteiger partial charge is 0.462 e. The number of carbonyl (C=O) groups is 1. The van der Waals surface area contributed by atoms with Crippen LogP contribution < -0.4 is 5.73 Å². The Bertz CT molecular complexity index is 986. The van der Waals surface area contributed by atoms with E-state index in [4.69, 9.17) is 22.1 Å². The number of hydrogen-bond acceptors (Lipinski definition) is 5. The van der Waals surface area contributed by atoms with Crippen molar-refractivity contribution in [3.63, 3.8) is 0 Å². The van der Waals surface area contributed by atoms with Gasteiger partial charge in [0.15, 0.2) is 0 Å². The number of benzene rings is 1. The van der Waals surface area contributed by atoms with Gasteiger partial charge in [0.1, 0.15) is 11.3 Å². The minimum absolute atomic E-state index is 0.240. The third-order valence-corrected chi connectivity index (χ3v) is 4.07. The number of esters is 1. The van der Waals surface area contributed by atoms with Crippen molar-refractivity contribution >= 4 is 40.4 Å². The van der Waals surface area contributed by atoms with Gasteiger partial charge < -0.3 is 10.5 Å². The quantitative estimate of drug-likeness (QED) is 0.705. The lowest BCUT2D eigenvalue weighted by atomic mass is 10.1. The molecular formula is C19H16ClN3O2. The molecule has 0 aliphatic carbocycles. The number of pyridine rings is 2. The summed E-state index contributed by atoms with van der Waals surface area (Å²) in [4.78, 5) is 20.7. The second kappa shape index (κ2) is 6.91. The predicted molar refractivity (Wildman–Crippen MR) is 100 cm³/mol. The summed E-state index contributed by atoms with van der Waals surface area (Å²) in [7, 11) is 0. The second-order valence-electron chi connectivity index (χ2n) is 5.31. The zero-order valence-electron chi connectivity index (χ0n) is 13.6. The molecule has 3 rings (SSSR count). The normalized spacial score (nSPS) is 10.6. The smallest absolute Gasteiger partial charge is 0.340 e. The van der Waals surface area contributed by atoms with Crippen LogP contribution in [0.3, 0.4) is 0 Å². The van der Waals surface area contributed by atoms with E-state index in [-0.39, 0.29) is 12.4 Å². The van der Waals surface area contributed by atoms with Crippen molar-refractivity contribution in [1.82, 2.24) is 9.97 Å². The predicted octanol–water partition coefficient (Wildman–Crippen LogP) is 4.35. The second-order valence-corrected chi connectivity index (χ2v) is 5.72. The molecule has 25 heavy (non-hydrogen) atoms. The fourth-order valence-corrected chi connectivity index (χ4v) is 2.81. The zero-order valence-corrected chi connectivity index (χ0v) is 14.4. The van der Waals surface area contributed by atoms with Crippen LogP contribution in [-0.2, 0) is 4.74 Å². The lowest BCUT2D eigenvalue weighted by Crippen LogP contribution is -2.08. The molecule has 1 aromatic carbocycles. The van der Waals surface area contributed by atoms with E-state index in [9.17, 15) is 4.79 Å². The summed E-state index contributed by atoms with van der Waals surface area (Å²) in [5, 5.41) is 1.14. The fraction of sp³-hybridized carbons (Fsp3) is 0.105. The highest BCUT2D eigenvalue weighted by Gasteiger charge is 2.16. The van der Waals surface area contributed by atoms with Crippen molar-refractivity contribution in [3.8, 4) is 11.3 Å². The average Bonchev–Trinajstić information content (AvgIpc) is 2.62. The van der Waals surface area contributed by atoms with Gasteiger partial charge in [0.05, 0.1) is 22.9 Å². The van der Waals surface area contributed by atoms with Crippen LogP contribution in [0.15, 0.2) is 43.1 Å². The molecule has 0 fully saturated rings. The molecule has 0 saturated carbocycles. The Labute approximate surface area is 150 Å². The highest BCUT2D eigenvalue weighted by Crippen LogP contribution is 2.31. The van der Waals surface area contributed by atoms with Gasteiger partial charge in [-0.05, 0) is 30.7 Å². The Balaban J connectivity index is 2.16. The molecule has 0 spiro atoms. The molecule has 2 heterocycles. The summed E-state index contributed by atoms with van der Waals surface area (Å²) < 4.78 is 5.06. The zero-order chi connectivity index (χ0) is 18.0.